The Balaban J connectivity index is 1.61. The lowest BCUT2D eigenvalue weighted by atomic mass is 10.1. The van der Waals surface area contributed by atoms with E-state index in [0.29, 0.717) is 19.6 Å². The van der Waals surface area contributed by atoms with Crippen LogP contribution >= 0.6 is 0 Å². The van der Waals surface area contributed by atoms with Gasteiger partial charge in [0.2, 0.25) is 5.91 Å². The summed E-state index contributed by atoms with van der Waals surface area (Å²) in [6.07, 6.45) is 1.89. The monoisotopic (exact) mass is 317 g/mol. The average Bonchev–Trinajstić information content (AvgIpc) is 2.98. The fraction of sp³-hybridized carbons (Fsp3) is 0.529. The predicted octanol–water partition coefficient (Wildman–Crippen LogP) is 1.13. The Hall–Kier alpha value is -2.08. The van der Waals surface area contributed by atoms with Crippen LogP contribution in [0.4, 0.5) is 10.5 Å². The number of para-hydroxylation sites is 1. The molecule has 0 aliphatic carbocycles. The molecular formula is C17H23N3O3. The average molecular weight is 317 g/mol. The molecule has 1 saturated heterocycles. The third-order valence-electron chi connectivity index (χ3n) is 4.55. The minimum Gasteiger partial charge on any atom is -0.391 e. The normalized spacial score (nSPS) is 21.7. The minimum atomic E-state index is -0.590. The van der Waals surface area contributed by atoms with Gasteiger partial charge in [-0.3, -0.25) is 4.79 Å². The summed E-state index contributed by atoms with van der Waals surface area (Å²) < 4.78 is 0. The lowest BCUT2D eigenvalue weighted by Crippen LogP contribution is -2.53. The smallest absolute Gasteiger partial charge is 0.318 e. The van der Waals surface area contributed by atoms with Gasteiger partial charge in [0.1, 0.15) is 6.04 Å². The van der Waals surface area contributed by atoms with E-state index in [2.05, 4.69) is 5.32 Å². The molecule has 2 N–H and O–H groups in total. The number of urea groups is 1. The first-order valence-electron chi connectivity index (χ1n) is 8.19. The van der Waals surface area contributed by atoms with E-state index in [1.165, 1.54) is 5.56 Å². The summed E-state index contributed by atoms with van der Waals surface area (Å²) in [6, 6.07) is 6.99. The first kappa shape index (κ1) is 15.8. The van der Waals surface area contributed by atoms with Crippen molar-refractivity contribution in [2.75, 3.05) is 24.5 Å². The topological polar surface area (TPSA) is 72.9 Å². The van der Waals surface area contributed by atoms with E-state index >= 15 is 0 Å². The van der Waals surface area contributed by atoms with E-state index in [1.54, 1.807) is 16.7 Å². The van der Waals surface area contributed by atoms with Crippen molar-refractivity contribution in [1.82, 2.24) is 10.2 Å². The lowest BCUT2D eigenvalue weighted by molar-refractivity contribution is -0.120. The first-order chi connectivity index (χ1) is 11.1. The number of carbonyl (C=O) groups is 2. The largest absolute Gasteiger partial charge is 0.391 e. The van der Waals surface area contributed by atoms with Crippen LogP contribution in [0.2, 0.25) is 0 Å². The molecule has 2 aliphatic heterocycles. The van der Waals surface area contributed by atoms with Gasteiger partial charge >= 0.3 is 6.03 Å². The molecule has 2 aliphatic rings. The zero-order valence-corrected chi connectivity index (χ0v) is 13.4. The number of aliphatic hydroxyl groups is 1. The number of nitrogens with zero attached hydrogens (tertiary/aromatic N) is 2. The van der Waals surface area contributed by atoms with Gasteiger partial charge in [0, 0.05) is 25.3 Å². The highest BCUT2D eigenvalue weighted by atomic mass is 16.3. The molecule has 6 nitrogen and oxygen atoms in total. The number of rotatable bonds is 2. The van der Waals surface area contributed by atoms with Crippen LogP contribution in [0.3, 0.4) is 0 Å². The standard InChI is InChI=1S/C17H23N3O3/c1-12(18-17(23)19-9-4-6-14(21)11-19)16(22)20-10-8-13-5-2-3-7-15(13)20/h2-3,5,7,12,14,21H,4,6,8-11H2,1H3,(H,18,23)/t12-,14+/m1/s1. The van der Waals surface area contributed by atoms with E-state index in [1.807, 2.05) is 24.3 Å². The molecule has 0 radical (unpaired) electrons. The first-order valence-corrected chi connectivity index (χ1v) is 8.19. The van der Waals surface area contributed by atoms with Crippen molar-refractivity contribution in [3.8, 4) is 0 Å². The van der Waals surface area contributed by atoms with Crippen LogP contribution in [-0.2, 0) is 11.2 Å². The minimum absolute atomic E-state index is 0.0964. The molecule has 0 bridgehead atoms. The van der Waals surface area contributed by atoms with Gasteiger partial charge in [0.05, 0.1) is 6.10 Å². The van der Waals surface area contributed by atoms with Crippen molar-refractivity contribution >= 4 is 17.6 Å². The molecule has 0 saturated carbocycles. The van der Waals surface area contributed by atoms with E-state index in [-0.39, 0.29) is 11.9 Å². The Morgan fingerprint density at radius 1 is 1.30 bits per heavy atom. The summed E-state index contributed by atoms with van der Waals surface area (Å²) in [6.45, 7) is 3.32. The molecule has 1 fully saturated rings. The number of nitrogens with one attached hydrogen (secondary N) is 1. The molecule has 3 amide bonds. The number of likely N-dealkylation sites (tertiary alicyclic amines) is 1. The lowest BCUT2D eigenvalue weighted by Gasteiger charge is -2.31. The van der Waals surface area contributed by atoms with Crippen LogP contribution in [0.1, 0.15) is 25.3 Å². The van der Waals surface area contributed by atoms with Crippen LogP contribution in [-0.4, -0.2) is 53.7 Å². The second kappa shape index (κ2) is 6.58. The number of fused-ring (bicyclic) bond motifs is 1. The van der Waals surface area contributed by atoms with Crippen molar-refractivity contribution in [2.24, 2.45) is 0 Å². The zero-order chi connectivity index (χ0) is 16.4. The number of anilines is 1. The zero-order valence-electron chi connectivity index (χ0n) is 13.4. The molecule has 2 heterocycles. The van der Waals surface area contributed by atoms with E-state index in [9.17, 15) is 14.7 Å². The molecule has 0 aromatic heterocycles. The number of amides is 3. The molecular weight excluding hydrogens is 294 g/mol. The van der Waals surface area contributed by atoms with E-state index in [0.717, 1.165) is 24.9 Å². The Bertz CT molecular complexity index is 605. The third kappa shape index (κ3) is 3.32. The van der Waals surface area contributed by atoms with Crippen LogP contribution in [0.5, 0.6) is 0 Å². The van der Waals surface area contributed by atoms with Crippen molar-refractivity contribution < 1.29 is 14.7 Å². The number of hydrogen-bond donors (Lipinski definition) is 2. The molecule has 3 rings (SSSR count). The van der Waals surface area contributed by atoms with Crippen molar-refractivity contribution in [3.63, 3.8) is 0 Å². The summed E-state index contributed by atoms with van der Waals surface area (Å²) in [5.74, 6) is -0.0964. The number of hydrogen-bond acceptors (Lipinski definition) is 3. The van der Waals surface area contributed by atoms with Gasteiger partial charge in [0.15, 0.2) is 0 Å². The van der Waals surface area contributed by atoms with Crippen molar-refractivity contribution in [3.05, 3.63) is 29.8 Å². The van der Waals surface area contributed by atoms with Crippen LogP contribution in [0.15, 0.2) is 24.3 Å². The Labute approximate surface area is 136 Å². The van der Waals surface area contributed by atoms with E-state index in [4.69, 9.17) is 0 Å². The fourth-order valence-corrected chi connectivity index (χ4v) is 3.28. The molecule has 1 aromatic rings. The molecule has 1 aromatic carbocycles. The van der Waals surface area contributed by atoms with Gasteiger partial charge in [-0.1, -0.05) is 18.2 Å². The van der Waals surface area contributed by atoms with Gasteiger partial charge in [-0.2, -0.15) is 0 Å². The van der Waals surface area contributed by atoms with Crippen molar-refractivity contribution in [2.45, 2.75) is 38.3 Å². The molecule has 124 valence electrons. The summed E-state index contributed by atoms with van der Waals surface area (Å²) in [5, 5.41) is 12.4. The summed E-state index contributed by atoms with van der Waals surface area (Å²) in [5.41, 5.74) is 2.10. The molecule has 23 heavy (non-hydrogen) atoms. The SMILES string of the molecule is C[C@@H](NC(=O)N1CCC[C@H](O)C1)C(=O)N1CCc2ccccc21. The maximum Gasteiger partial charge on any atom is 0.318 e. The summed E-state index contributed by atoms with van der Waals surface area (Å²) >= 11 is 0. The Kier molecular flexibility index (Phi) is 4.52. The van der Waals surface area contributed by atoms with Gasteiger partial charge in [0.25, 0.3) is 0 Å². The predicted molar refractivity (Wildman–Crippen MR) is 87.3 cm³/mol. The second-order valence-corrected chi connectivity index (χ2v) is 6.28. The highest BCUT2D eigenvalue weighted by molar-refractivity contribution is 6.00. The quantitative estimate of drug-likeness (QED) is 0.859. The number of piperidine rings is 1. The van der Waals surface area contributed by atoms with Gasteiger partial charge in [-0.05, 0) is 37.8 Å². The Morgan fingerprint density at radius 2 is 2.09 bits per heavy atom. The highest BCUT2D eigenvalue weighted by Crippen LogP contribution is 2.27. The molecule has 0 spiro atoms. The number of benzene rings is 1. The molecule has 2 atom stereocenters. The van der Waals surface area contributed by atoms with E-state index < -0.39 is 12.1 Å². The summed E-state index contributed by atoms with van der Waals surface area (Å²) in [7, 11) is 0. The number of aliphatic hydroxyl groups excluding tert-OH is 1. The molecule has 6 heteroatoms. The number of carbonyl (C=O) groups excluding carboxylic acids is 2. The highest BCUT2D eigenvalue weighted by Gasteiger charge is 2.30. The van der Waals surface area contributed by atoms with Gasteiger partial charge in [-0.15, -0.1) is 0 Å². The Morgan fingerprint density at radius 3 is 2.87 bits per heavy atom. The number of β-amino-alcohol motifs (C(OH)–C–C–N with tert-alkyl or cyclic N) is 1. The van der Waals surface area contributed by atoms with Crippen LogP contribution in [0.25, 0.3) is 0 Å². The third-order valence-corrected chi connectivity index (χ3v) is 4.55. The second-order valence-electron chi connectivity index (χ2n) is 6.28. The van der Waals surface area contributed by atoms with Crippen molar-refractivity contribution in [1.29, 1.82) is 0 Å². The van der Waals surface area contributed by atoms with Gasteiger partial charge in [-0.25, -0.2) is 4.79 Å². The maximum atomic E-state index is 12.6. The van der Waals surface area contributed by atoms with Crippen LogP contribution < -0.4 is 10.2 Å². The van der Waals surface area contributed by atoms with Crippen LogP contribution in [0, 0.1) is 0 Å². The summed E-state index contributed by atoms with van der Waals surface area (Å²) in [4.78, 5) is 28.2. The fourth-order valence-electron chi connectivity index (χ4n) is 3.28. The molecule has 0 unspecified atom stereocenters. The van der Waals surface area contributed by atoms with Gasteiger partial charge < -0.3 is 20.2 Å². The maximum absolute atomic E-state index is 12.6.